The molecule has 0 spiro atoms. The summed E-state index contributed by atoms with van der Waals surface area (Å²) in [6.07, 6.45) is 10.2. The van der Waals surface area contributed by atoms with Crippen molar-refractivity contribution in [1.82, 2.24) is 5.32 Å². The summed E-state index contributed by atoms with van der Waals surface area (Å²) in [5, 5.41) is 3.43. The molecule has 0 aromatic heterocycles. The SMILES string of the molecule is C=CC1=C(C)C(C)=C(CC)C1C1=C(CC)CC1C(/C(=C\C)CC)=C(/CC)CNC. The van der Waals surface area contributed by atoms with Gasteiger partial charge in [-0.05, 0) is 87.8 Å². The van der Waals surface area contributed by atoms with Crippen molar-refractivity contribution < 1.29 is 0 Å². The predicted molar refractivity (Wildman–Crippen MR) is 130 cm³/mol. The van der Waals surface area contributed by atoms with Crippen molar-refractivity contribution in [2.24, 2.45) is 11.8 Å². The Bertz CT molecular complexity index is 794. The molecule has 0 amide bonds. The van der Waals surface area contributed by atoms with Crippen LogP contribution in [-0.2, 0) is 0 Å². The summed E-state index contributed by atoms with van der Waals surface area (Å²) in [5.74, 6) is 1.00. The third kappa shape index (κ3) is 4.17. The van der Waals surface area contributed by atoms with E-state index in [4.69, 9.17) is 0 Å². The van der Waals surface area contributed by atoms with E-state index in [0.717, 1.165) is 25.8 Å². The fraction of sp³-hybridized carbons (Fsp3) is 0.571. The molecule has 2 aliphatic rings. The Morgan fingerprint density at radius 2 is 1.76 bits per heavy atom. The highest BCUT2D eigenvalue weighted by atomic mass is 14.8. The monoisotopic (exact) mass is 393 g/mol. The summed E-state index contributed by atoms with van der Waals surface area (Å²) >= 11 is 0. The second-order valence-corrected chi connectivity index (χ2v) is 8.46. The average Bonchev–Trinajstić information content (AvgIpc) is 2.94. The molecule has 0 heterocycles. The first-order chi connectivity index (χ1) is 13.9. The first-order valence-electron chi connectivity index (χ1n) is 11.7. The number of nitrogens with one attached hydrogen (secondary N) is 1. The zero-order valence-corrected chi connectivity index (χ0v) is 20.3. The molecular weight excluding hydrogens is 350 g/mol. The van der Waals surface area contributed by atoms with Gasteiger partial charge in [0.1, 0.15) is 0 Å². The Kier molecular flexibility index (Phi) is 8.52. The summed E-state index contributed by atoms with van der Waals surface area (Å²) in [6.45, 7) is 21.3. The van der Waals surface area contributed by atoms with Crippen LogP contribution in [0.15, 0.2) is 68.9 Å². The van der Waals surface area contributed by atoms with Gasteiger partial charge in [0, 0.05) is 18.4 Å². The topological polar surface area (TPSA) is 12.0 Å². The van der Waals surface area contributed by atoms with Crippen molar-refractivity contribution in [3.05, 3.63) is 68.9 Å². The molecule has 0 aromatic rings. The van der Waals surface area contributed by atoms with Crippen LogP contribution in [0.1, 0.15) is 80.6 Å². The van der Waals surface area contributed by atoms with E-state index < -0.39 is 0 Å². The van der Waals surface area contributed by atoms with Gasteiger partial charge in [-0.1, -0.05) is 68.7 Å². The minimum atomic E-state index is 0.448. The minimum absolute atomic E-state index is 0.448. The third-order valence-electron chi connectivity index (χ3n) is 7.33. The maximum Gasteiger partial charge on any atom is 0.0274 e. The van der Waals surface area contributed by atoms with Crippen LogP contribution in [0.3, 0.4) is 0 Å². The lowest BCUT2D eigenvalue weighted by Crippen LogP contribution is -2.30. The predicted octanol–water partition coefficient (Wildman–Crippen LogP) is 7.85. The Labute approximate surface area is 180 Å². The van der Waals surface area contributed by atoms with Gasteiger partial charge in [-0.15, -0.1) is 0 Å². The average molecular weight is 394 g/mol. The van der Waals surface area contributed by atoms with Gasteiger partial charge in [-0.25, -0.2) is 0 Å². The molecule has 2 aliphatic carbocycles. The van der Waals surface area contributed by atoms with Gasteiger partial charge in [0.25, 0.3) is 0 Å². The molecule has 2 atom stereocenters. The van der Waals surface area contributed by atoms with Crippen LogP contribution >= 0.6 is 0 Å². The zero-order chi connectivity index (χ0) is 21.7. The van der Waals surface area contributed by atoms with Crippen LogP contribution in [0.25, 0.3) is 0 Å². The normalized spacial score (nSPS) is 23.7. The van der Waals surface area contributed by atoms with Crippen LogP contribution in [-0.4, -0.2) is 13.6 Å². The molecule has 2 rings (SSSR count). The van der Waals surface area contributed by atoms with E-state index in [2.05, 4.69) is 79.6 Å². The maximum absolute atomic E-state index is 4.22. The van der Waals surface area contributed by atoms with Gasteiger partial charge in [0.15, 0.2) is 0 Å². The second kappa shape index (κ2) is 10.4. The van der Waals surface area contributed by atoms with Gasteiger partial charge in [0.2, 0.25) is 0 Å². The van der Waals surface area contributed by atoms with Gasteiger partial charge >= 0.3 is 0 Å². The summed E-state index contributed by atoms with van der Waals surface area (Å²) in [7, 11) is 2.07. The van der Waals surface area contributed by atoms with Gasteiger partial charge in [0.05, 0.1) is 0 Å². The van der Waals surface area contributed by atoms with Crippen molar-refractivity contribution in [1.29, 1.82) is 0 Å². The number of likely N-dealkylation sites (N-methyl/N-ethyl adjacent to an activating group) is 1. The van der Waals surface area contributed by atoms with E-state index in [-0.39, 0.29) is 0 Å². The van der Waals surface area contributed by atoms with Crippen molar-refractivity contribution in [3.8, 4) is 0 Å². The van der Waals surface area contributed by atoms with E-state index in [0.29, 0.717) is 11.8 Å². The van der Waals surface area contributed by atoms with E-state index in [1.54, 1.807) is 27.9 Å². The Morgan fingerprint density at radius 3 is 2.21 bits per heavy atom. The molecule has 0 aromatic carbocycles. The van der Waals surface area contributed by atoms with E-state index in [9.17, 15) is 0 Å². The Balaban J connectivity index is 2.69. The lowest BCUT2D eigenvalue weighted by atomic mass is 9.62. The molecule has 29 heavy (non-hydrogen) atoms. The first kappa shape index (κ1) is 23.7. The van der Waals surface area contributed by atoms with Crippen LogP contribution in [0, 0.1) is 11.8 Å². The van der Waals surface area contributed by atoms with Crippen LogP contribution < -0.4 is 5.32 Å². The second-order valence-electron chi connectivity index (χ2n) is 8.46. The summed E-state index contributed by atoms with van der Waals surface area (Å²) in [5.41, 5.74) is 14.1. The maximum atomic E-state index is 4.22. The number of hydrogen-bond donors (Lipinski definition) is 1. The highest BCUT2D eigenvalue weighted by Crippen LogP contribution is 2.55. The highest BCUT2D eigenvalue weighted by molar-refractivity contribution is 5.60. The first-order valence-corrected chi connectivity index (χ1v) is 11.7. The molecule has 1 N–H and O–H groups in total. The Hall–Kier alpha value is -1.60. The molecule has 1 heteroatoms. The highest BCUT2D eigenvalue weighted by Gasteiger charge is 2.41. The van der Waals surface area contributed by atoms with E-state index in [1.807, 2.05) is 0 Å². The van der Waals surface area contributed by atoms with Crippen molar-refractivity contribution in [2.75, 3.05) is 13.6 Å². The van der Waals surface area contributed by atoms with Crippen molar-refractivity contribution >= 4 is 0 Å². The van der Waals surface area contributed by atoms with Crippen LogP contribution in [0.5, 0.6) is 0 Å². The Morgan fingerprint density at radius 1 is 1.07 bits per heavy atom. The molecule has 1 nitrogen and oxygen atoms in total. The number of rotatable bonds is 10. The van der Waals surface area contributed by atoms with Gasteiger partial charge in [-0.2, -0.15) is 0 Å². The van der Waals surface area contributed by atoms with Crippen LogP contribution in [0.4, 0.5) is 0 Å². The fourth-order valence-electron chi connectivity index (χ4n) is 5.65. The van der Waals surface area contributed by atoms with Crippen LogP contribution in [0.2, 0.25) is 0 Å². The zero-order valence-electron chi connectivity index (χ0n) is 20.3. The third-order valence-corrected chi connectivity index (χ3v) is 7.33. The summed E-state index contributed by atoms with van der Waals surface area (Å²) < 4.78 is 0. The van der Waals surface area contributed by atoms with Gasteiger partial charge < -0.3 is 5.32 Å². The molecule has 0 fully saturated rings. The smallest absolute Gasteiger partial charge is 0.0274 e. The molecule has 0 aliphatic heterocycles. The lowest BCUT2D eigenvalue weighted by Gasteiger charge is -2.42. The lowest BCUT2D eigenvalue weighted by molar-refractivity contribution is 0.523. The molecule has 160 valence electrons. The molecule has 0 bridgehead atoms. The largest absolute Gasteiger partial charge is 0.316 e. The molecular formula is C28H43N. The molecule has 0 saturated carbocycles. The minimum Gasteiger partial charge on any atom is -0.316 e. The van der Waals surface area contributed by atoms with Crippen molar-refractivity contribution in [3.63, 3.8) is 0 Å². The summed E-state index contributed by atoms with van der Waals surface area (Å²) in [6, 6.07) is 0. The van der Waals surface area contributed by atoms with Gasteiger partial charge in [-0.3, -0.25) is 0 Å². The summed E-state index contributed by atoms with van der Waals surface area (Å²) in [4.78, 5) is 0. The molecule has 0 saturated heterocycles. The standard InChI is InChI=1S/C28H43N/c1-10-20(11-2)26(22(13-4)17-29-9)25-16-21(12-3)27(25)28-23(14-5)18(7)19(8)24(28)15-6/h10,14,25,28-29H,5,11-13,15-17H2,1-4,6-9H3/b20-10-,26-22-. The molecule has 2 unspecified atom stereocenters. The van der Waals surface area contributed by atoms with E-state index in [1.165, 1.54) is 35.1 Å². The quantitative estimate of drug-likeness (QED) is 0.294. The van der Waals surface area contributed by atoms with Crippen molar-refractivity contribution in [2.45, 2.75) is 80.6 Å². The number of hydrogen-bond acceptors (Lipinski definition) is 1. The van der Waals surface area contributed by atoms with E-state index >= 15 is 0 Å². The fourth-order valence-corrected chi connectivity index (χ4v) is 5.65. The number of allylic oxidation sites excluding steroid dienone is 10. The molecule has 0 radical (unpaired) electrons.